The van der Waals surface area contributed by atoms with E-state index in [1.807, 2.05) is 39.0 Å². The van der Waals surface area contributed by atoms with Gasteiger partial charge in [-0.1, -0.05) is 39.0 Å². The van der Waals surface area contributed by atoms with Gasteiger partial charge in [0.2, 0.25) is 0 Å². The molecule has 0 unspecified atom stereocenters. The van der Waals surface area contributed by atoms with Crippen LogP contribution in [0.5, 0.6) is 0 Å². The van der Waals surface area contributed by atoms with Crippen LogP contribution in [0.15, 0.2) is 42.7 Å². The van der Waals surface area contributed by atoms with Crippen molar-refractivity contribution in [1.29, 1.82) is 0 Å². The molecule has 7 heteroatoms. The van der Waals surface area contributed by atoms with Gasteiger partial charge in [0.25, 0.3) is 0 Å². The Bertz CT molecular complexity index is 1070. The quantitative estimate of drug-likeness (QED) is 0.458. The third kappa shape index (κ3) is 4.72. The van der Waals surface area contributed by atoms with E-state index in [0.29, 0.717) is 18.4 Å². The van der Waals surface area contributed by atoms with E-state index >= 15 is 0 Å². The van der Waals surface area contributed by atoms with Gasteiger partial charge < -0.3 is 10.2 Å². The summed E-state index contributed by atoms with van der Waals surface area (Å²) in [5.41, 5.74) is 2.83. The molecular weight excluding hydrogens is 459 g/mol. The van der Waals surface area contributed by atoms with Crippen LogP contribution in [0.4, 0.5) is 18.9 Å². The molecule has 0 bridgehead atoms. The lowest BCUT2D eigenvalue weighted by atomic mass is 9.72. The van der Waals surface area contributed by atoms with Crippen LogP contribution >= 0.6 is 11.6 Å². The van der Waals surface area contributed by atoms with Crippen molar-refractivity contribution in [1.82, 2.24) is 9.88 Å². The van der Waals surface area contributed by atoms with Crippen LogP contribution in [-0.4, -0.2) is 29.5 Å². The number of nitrogens with zero attached hydrogens (tertiary/aromatic N) is 2. The summed E-state index contributed by atoms with van der Waals surface area (Å²) in [5.74, 6) is 0. The summed E-state index contributed by atoms with van der Waals surface area (Å²) >= 11 is 6.27. The number of halogens is 4. The summed E-state index contributed by atoms with van der Waals surface area (Å²) in [6.07, 6.45) is 1.10. The standard InChI is InChI=1S/C27H33ClF3N3/c1-5-25(3,4)24-22(27(29,30)31)15-19(17-32-24)7-6-12-34-13-10-26(11-14-34)18(2)33-23-9-8-20(28)16-21(23)26/h8-9,15-17,33H,2,5-7,10-14H2,1,3-4H3. The molecule has 0 radical (unpaired) electrons. The Hall–Kier alpha value is -2.05. The van der Waals surface area contributed by atoms with Crippen molar-refractivity contribution < 1.29 is 13.2 Å². The zero-order valence-electron chi connectivity index (χ0n) is 20.2. The molecule has 1 aromatic heterocycles. The minimum Gasteiger partial charge on any atom is -0.358 e. The molecule has 2 aromatic rings. The number of aromatic nitrogens is 1. The van der Waals surface area contributed by atoms with E-state index in [1.165, 1.54) is 11.6 Å². The van der Waals surface area contributed by atoms with Crippen LogP contribution in [-0.2, 0) is 23.4 Å². The normalized spacial score (nSPS) is 18.3. The molecule has 1 saturated heterocycles. The van der Waals surface area contributed by atoms with Gasteiger partial charge in [0.05, 0.1) is 11.3 Å². The molecule has 3 nitrogen and oxygen atoms in total. The number of fused-ring (bicyclic) bond motifs is 2. The highest BCUT2D eigenvalue weighted by Gasteiger charge is 2.44. The highest BCUT2D eigenvalue weighted by molar-refractivity contribution is 6.30. The Kier molecular flexibility index (Phi) is 6.78. The van der Waals surface area contributed by atoms with Crippen molar-refractivity contribution in [3.63, 3.8) is 0 Å². The van der Waals surface area contributed by atoms with Gasteiger partial charge in [0, 0.05) is 33.4 Å². The van der Waals surface area contributed by atoms with Crippen molar-refractivity contribution in [2.45, 2.75) is 69.9 Å². The largest absolute Gasteiger partial charge is 0.418 e. The van der Waals surface area contributed by atoms with Crippen LogP contribution < -0.4 is 5.32 Å². The molecule has 1 aromatic carbocycles. The van der Waals surface area contributed by atoms with Crippen molar-refractivity contribution in [2.24, 2.45) is 0 Å². The van der Waals surface area contributed by atoms with Crippen molar-refractivity contribution in [3.05, 3.63) is 70.1 Å². The predicted molar refractivity (Wildman–Crippen MR) is 132 cm³/mol. The van der Waals surface area contributed by atoms with Crippen LogP contribution in [0.3, 0.4) is 0 Å². The second-order valence-electron chi connectivity index (χ2n) is 10.3. The highest BCUT2D eigenvalue weighted by atomic mass is 35.5. The third-order valence-electron chi connectivity index (χ3n) is 7.78. The zero-order valence-corrected chi connectivity index (χ0v) is 20.9. The number of piperidine rings is 1. The first kappa shape index (κ1) is 25.1. The molecule has 0 amide bonds. The lowest BCUT2D eigenvalue weighted by molar-refractivity contribution is -0.139. The molecule has 184 valence electrons. The minimum atomic E-state index is -4.40. The lowest BCUT2D eigenvalue weighted by Crippen LogP contribution is -2.43. The molecule has 1 N–H and O–H groups in total. The number of allylic oxidation sites excluding steroid dienone is 1. The fraction of sp³-hybridized carbons (Fsp3) is 0.519. The topological polar surface area (TPSA) is 28.2 Å². The average Bonchev–Trinajstić information content (AvgIpc) is 3.05. The van der Waals surface area contributed by atoms with E-state index in [0.717, 1.165) is 55.3 Å². The van der Waals surface area contributed by atoms with Crippen molar-refractivity contribution in [2.75, 3.05) is 25.0 Å². The zero-order chi connectivity index (χ0) is 24.7. The number of aryl methyl sites for hydroxylation is 1. The van der Waals surface area contributed by atoms with E-state index in [-0.39, 0.29) is 11.1 Å². The molecule has 2 aliphatic rings. The van der Waals surface area contributed by atoms with E-state index in [4.69, 9.17) is 11.6 Å². The number of nitrogens with one attached hydrogen (secondary N) is 1. The molecule has 1 spiro atoms. The summed E-state index contributed by atoms with van der Waals surface area (Å²) in [6.45, 7) is 12.5. The summed E-state index contributed by atoms with van der Waals surface area (Å²) in [7, 11) is 0. The lowest BCUT2D eigenvalue weighted by Gasteiger charge is -2.40. The number of hydrogen-bond acceptors (Lipinski definition) is 3. The summed E-state index contributed by atoms with van der Waals surface area (Å²) in [4.78, 5) is 6.67. The van der Waals surface area contributed by atoms with Gasteiger partial charge in [-0.3, -0.25) is 4.98 Å². The highest BCUT2D eigenvalue weighted by Crippen LogP contribution is 2.50. The Morgan fingerprint density at radius 2 is 1.88 bits per heavy atom. The molecule has 1 fully saturated rings. The Morgan fingerprint density at radius 1 is 1.18 bits per heavy atom. The molecule has 0 atom stereocenters. The SMILES string of the molecule is C=C1Nc2ccc(Cl)cc2C12CCN(CCCc1cnc(C(C)(C)CC)c(C(F)(F)F)c1)CC2. The first-order valence-electron chi connectivity index (χ1n) is 12.0. The van der Waals surface area contributed by atoms with Crippen LogP contribution in [0.1, 0.15) is 68.8 Å². The van der Waals surface area contributed by atoms with Crippen LogP contribution in [0.25, 0.3) is 0 Å². The van der Waals surface area contributed by atoms with Gasteiger partial charge in [0.15, 0.2) is 0 Å². The second-order valence-corrected chi connectivity index (χ2v) is 10.7. The van der Waals surface area contributed by atoms with Gasteiger partial charge >= 0.3 is 6.18 Å². The molecule has 34 heavy (non-hydrogen) atoms. The van der Waals surface area contributed by atoms with Crippen LogP contribution in [0, 0.1) is 0 Å². The molecule has 0 aliphatic carbocycles. The fourth-order valence-corrected chi connectivity index (χ4v) is 5.44. The molecule has 3 heterocycles. The van der Waals surface area contributed by atoms with E-state index < -0.39 is 17.2 Å². The maximum Gasteiger partial charge on any atom is 0.418 e. The predicted octanol–water partition coefficient (Wildman–Crippen LogP) is 7.35. The number of likely N-dealkylation sites (tertiary alicyclic amines) is 1. The first-order chi connectivity index (χ1) is 16.0. The van der Waals surface area contributed by atoms with Crippen molar-refractivity contribution >= 4 is 17.3 Å². The maximum absolute atomic E-state index is 13.7. The van der Waals surface area contributed by atoms with Gasteiger partial charge in [-0.2, -0.15) is 13.2 Å². The average molecular weight is 492 g/mol. The number of benzene rings is 1. The Morgan fingerprint density at radius 3 is 2.53 bits per heavy atom. The van der Waals surface area contributed by atoms with Gasteiger partial charge in [-0.05, 0) is 87.1 Å². The van der Waals surface area contributed by atoms with Gasteiger partial charge in [0.1, 0.15) is 0 Å². The van der Waals surface area contributed by atoms with E-state index in [1.54, 1.807) is 6.20 Å². The molecular formula is C27H33ClF3N3. The third-order valence-corrected chi connectivity index (χ3v) is 8.02. The first-order valence-corrected chi connectivity index (χ1v) is 12.4. The fourth-order valence-electron chi connectivity index (χ4n) is 5.27. The smallest absolute Gasteiger partial charge is 0.358 e. The number of alkyl halides is 3. The second kappa shape index (κ2) is 9.19. The van der Waals surface area contributed by atoms with E-state index in [9.17, 15) is 13.2 Å². The molecule has 0 saturated carbocycles. The Labute approximate surface area is 205 Å². The summed E-state index contributed by atoms with van der Waals surface area (Å²) in [5, 5.41) is 4.16. The number of anilines is 1. The number of rotatable bonds is 6. The van der Waals surface area contributed by atoms with Gasteiger partial charge in [-0.15, -0.1) is 0 Å². The number of pyridine rings is 1. The van der Waals surface area contributed by atoms with Gasteiger partial charge in [-0.25, -0.2) is 0 Å². The van der Waals surface area contributed by atoms with Crippen molar-refractivity contribution in [3.8, 4) is 0 Å². The monoisotopic (exact) mass is 491 g/mol. The van der Waals surface area contributed by atoms with E-state index in [2.05, 4.69) is 21.8 Å². The summed E-state index contributed by atoms with van der Waals surface area (Å²) in [6, 6.07) is 7.26. The number of hydrogen-bond donors (Lipinski definition) is 1. The van der Waals surface area contributed by atoms with Crippen LogP contribution in [0.2, 0.25) is 5.02 Å². The Balaban J connectivity index is 1.38. The molecule has 2 aliphatic heterocycles. The maximum atomic E-state index is 13.7. The summed E-state index contributed by atoms with van der Waals surface area (Å²) < 4.78 is 41.2. The molecule has 4 rings (SSSR count). The minimum absolute atomic E-state index is 0.0931.